The van der Waals surface area contributed by atoms with E-state index in [1.165, 1.54) is 11.3 Å². The second-order valence-electron chi connectivity index (χ2n) is 9.41. The molecular weight excluding hydrogens is 436 g/mol. The normalized spacial score (nSPS) is 16.0. The van der Waals surface area contributed by atoms with Gasteiger partial charge >= 0.3 is 0 Å². The molecule has 1 fully saturated rings. The summed E-state index contributed by atoms with van der Waals surface area (Å²) >= 11 is 0. The summed E-state index contributed by atoms with van der Waals surface area (Å²) in [6.45, 7) is 8.64. The van der Waals surface area contributed by atoms with Gasteiger partial charge in [-0.1, -0.05) is 36.4 Å². The van der Waals surface area contributed by atoms with Crippen molar-refractivity contribution in [1.29, 1.82) is 0 Å². The molecule has 1 amide bonds. The number of anilines is 1. The first-order valence-electron chi connectivity index (χ1n) is 12.1. The number of fused-ring (bicyclic) bond motifs is 1. The molecule has 1 aromatic heterocycles. The summed E-state index contributed by atoms with van der Waals surface area (Å²) in [5.74, 6) is 0.0506. The molecule has 4 aromatic rings. The maximum absolute atomic E-state index is 13.2. The molecule has 2 heterocycles. The Morgan fingerprint density at radius 3 is 2.49 bits per heavy atom. The second kappa shape index (κ2) is 9.37. The summed E-state index contributed by atoms with van der Waals surface area (Å²) in [6, 6.07) is 24.1. The van der Waals surface area contributed by atoms with Crippen LogP contribution in [-0.2, 0) is 6.54 Å². The molecule has 35 heavy (non-hydrogen) atoms. The minimum atomic E-state index is -0.0932. The van der Waals surface area contributed by atoms with Crippen molar-refractivity contribution in [3.63, 3.8) is 0 Å². The highest BCUT2D eigenvalue weighted by atomic mass is 16.2. The van der Waals surface area contributed by atoms with E-state index in [2.05, 4.69) is 48.0 Å². The summed E-state index contributed by atoms with van der Waals surface area (Å²) in [5.41, 5.74) is 6.09. The first kappa shape index (κ1) is 22.8. The maximum Gasteiger partial charge on any atom is 0.272 e. The summed E-state index contributed by atoms with van der Waals surface area (Å²) in [4.78, 5) is 34.7. The van der Waals surface area contributed by atoms with Crippen LogP contribution in [0.1, 0.15) is 34.1 Å². The van der Waals surface area contributed by atoms with Gasteiger partial charge in [-0.25, -0.2) is 4.98 Å². The number of amides is 1. The van der Waals surface area contributed by atoms with Crippen LogP contribution in [0.25, 0.3) is 11.0 Å². The molecule has 0 spiro atoms. The van der Waals surface area contributed by atoms with Crippen molar-refractivity contribution in [1.82, 2.24) is 14.5 Å². The highest BCUT2D eigenvalue weighted by Gasteiger charge is 2.27. The van der Waals surface area contributed by atoms with E-state index in [9.17, 15) is 9.59 Å². The molecule has 178 valence electrons. The number of rotatable bonds is 4. The molecule has 0 unspecified atom stereocenters. The van der Waals surface area contributed by atoms with E-state index in [4.69, 9.17) is 0 Å². The van der Waals surface area contributed by atoms with E-state index in [1.54, 1.807) is 11.5 Å². The van der Waals surface area contributed by atoms with Crippen LogP contribution in [0.3, 0.4) is 0 Å². The van der Waals surface area contributed by atoms with Crippen LogP contribution < -0.4 is 10.5 Å². The zero-order valence-corrected chi connectivity index (χ0v) is 20.4. The van der Waals surface area contributed by atoms with E-state index in [1.807, 2.05) is 53.4 Å². The van der Waals surface area contributed by atoms with Crippen LogP contribution >= 0.6 is 0 Å². The van der Waals surface area contributed by atoms with Gasteiger partial charge in [0.05, 0.1) is 17.6 Å². The van der Waals surface area contributed by atoms with Crippen LogP contribution in [-0.4, -0.2) is 46.0 Å². The number of nitrogens with zero attached hydrogens (tertiary/aromatic N) is 4. The fourth-order valence-electron chi connectivity index (χ4n) is 4.93. The number of carbonyl (C=O) groups is 1. The number of aromatic nitrogens is 2. The van der Waals surface area contributed by atoms with Crippen molar-refractivity contribution in [2.24, 2.45) is 0 Å². The molecule has 6 nitrogen and oxygen atoms in total. The summed E-state index contributed by atoms with van der Waals surface area (Å²) < 4.78 is 1.75. The molecular formula is C29H30N4O2. The highest BCUT2D eigenvalue weighted by molar-refractivity contribution is 5.94. The SMILES string of the molecule is Cc1cccc(N2CCN(C(=O)c3ccc(Cn4c(=O)c(C)nc5ccccc54)cc3)C[C@@H]2C)c1. The molecule has 0 aliphatic carbocycles. The Balaban J connectivity index is 1.30. The zero-order chi connectivity index (χ0) is 24.5. The summed E-state index contributed by atoms with van der Waals surface area (Å²) in [6.07, 6.45) is 0. The van der Waals surface area contributed by atoms with Crippen molar-refractivity contribution >= 4 is 22.6 Å². The lowest BCUT2D eigenvalue weighted by molar-refractivity contribution is 0.0726. The summed E-state index contributed by atoms with van der Waals surface area (Å²) in [7, 11) is 0. The van der Waals surface area contributed by atoms with Gasteiger partial charge in [-0.2, -0.15) is 0 Å². The molecule has 6 heteroatoms. The van der Waals surface area contributed by atoms with Crippen LogP contribution in [0.4, 0.5) is 5.69 Å². The highest BCUT2D eigenvalue weighted by Crippen LogP contribution is 2.23. The minimum Gasteiger partial charge on any atom is -0.365 e. The van der Waals surface area contributed by atoms with Gasteiger partial charge in [0.15, 0.2) is 0 Å². The van der Waals surface area contributed by atoms with Gasteiger partial charge in [-0.3, -0.25) is 9.59 Å². The lowest BCUT2D eigenvalue weighted by atomic mass is 10.1. The average molecular weight is 467 g/mol. The van der Waals surface area contributed by atoms with Gasteiger partial charge in [0.1, 0.15) is 5.69 Å². The molecule has 0 radical (unpaired) electrons. The number of hydrogen-bond donors (Lipinski definition) is 0. The molecule has 1 saturated heterocycles. The third kappa shape index (κ3) is 4.56. The fourth-order valence-corrected chi connectivity index (χ4v) is 4.93. The molecule has 1 aliphatic rings. The topological polar surface area (TPSA) is 58.4 Å². The van der Waals surface area contributed by atoms with Gasteiger partial charge in [0, 0.05) is 36.9 Å². The average Bonchev–Trinajstić information content (AvgIpc) is 2.86. The van der Waals surface area contributed by atoms with Gasteiger partial charge in [0.25, 0.3) is 11.5 Å². The molecule has 5 rings (SSSR count). The smallest absolute Gasteiger partial charge is 0.272 e. The first-order chi connectivity index (χ1) is 16.9. The molecule has 1 aliphatic heterocycles. The molecule has 0 saturated carbocycles. The lowest BCUT2D eigenvalue weighted by Gasteiger charge is -2.41. The number of aryl methyl sites for hydroxylation is 2. The van der Waals surface area contributed by atoms with E-state index in [-0.39, 0.29) is 17.5 Å². The Labute approximate surface area is 205 Å². The van der Waals surface area contributed by atoms with Crippen LogP contribution in [0.15, 0.2) is 77.6 Å². The molecule has 0 bridgehead atoms. The quantitative estimate of drug-likeness (QED) is 0.447. The number of para-hydroxylation sites is 2. The van der Waals surface area contributed by atoms with E-state index >= 15 is 0 Å². The van der Waals surface area contributed by atoms with Crippen molar-refractivity contribution in [2.75, 3.05) is 24.5 Å². The van der Waals surface area contributed by atoms with Crippen molar-refractivity contribution < 1.29 is 4.79 Å². The van der Waals surface area contributed by atoms with Gasteiger partial charge < -0.3 is 14.4 Å². The Hall–Kier alpha value is -3.93. The summed E-state index contributed by atoms with van der Waals surface area (Å²) in [5, 5.41) is 0. The lowest BCUT2D eigenvalue weighted by Crippen LogP contribution is -2.53. The predicted octanol–water partition coefficient (Wildman–Crippen LogP) is 4.41. The third-order valence-electron chi connectivity index (χ3n) is 6.80. The van der Waals surface area contributed by atoms with Gasteiger partial charge in [-0.15, -0.1) is 0 Å². The minimum absolute atomic E-state index is 0.0506. The monoisotopic (exact) mass is 466 g/mol. The number of benzene rings is 3. The number of piperazine rings is 1. The van der Waals surface area contributed by atoms with Crippen molar-refractivity contribution in [3.05, 3.63) is 106 Å². The van der Waals surface area contributed by atoms with Crippen LogP contribution in [0, 0.1) is 13.8 Å². The Kier molecular flexibility index (Phi) is 6.12. The van der Waals surface area contributed by atoms with Crippen LogP contribution in [0.2, 0.25) is 0 Å². The standard InChI is InChI=1S/C29H30N4O2/c1-20-7-6-8-25(17-20)32-16-15-31(18-21(32)2)29(35)24-13-11-23(12-14-24)19-33-27-10-5-4-9-26(27)30-22(3)28(33)34/h4-14,17,21H,15-16,18-19H2,1-3H3/t21-/m0/s1. The largest absolute Gasteiger partial charge is 0.365 e. The van der Waals surface area contributed by atoms with Crippen molar-refractivity contribution in [2.45, 2.75) is 33.4 Å². The van der Waals surface area contributed by atoms with Gasteiger partial charge in [0.2, 0.25) is 0 Å². The fraction of sp³-hybridized carbons (Fsp3) is 0.276. The van der Waals surface area contributed by atoms with Gasteiger partial charge in [-0.05, 0) is 68.3 Å². The molecule has 1 atom stereocenters. The zero-order valence-electron chi connectivity index (χ0n) is 20.4. The van der Waals surface area contributed by atoms with E-state index < -0.39 is 0 Å². The van der Waals surface area contributed by atoms with E-state index in [0.29, 0.717) is 30.9 Å². The van der Waals surface area contributed by atoms with E-state index in [0.717, 1.165) is 23.1 Å². The van der Waals surface area contributed by atoms with Crippen LogP contribution in [0.5, 0.6) is 0 Å². The maximum atomic E-state index is 13.2. The molecule has 3 aromatic carbocycles. The first-order valence-corrected chi connectivity index (χ1v) is 12.1. The number of hydrogen-bond acceptors (Lipinski definition) is 4. The Morgan fingerprint density at radius 1 is 0.971 bits per heavy atom. The molecule has 0 N–H and O–H groups in total. The Bertz CT molecular complexity index is 1440. The van der Waals surface area contributed by atoms with Crippen molar-refractivity contribution in [3.8, 4) is 0 Å². The predicted molar refractivity (Wildman–Crippen MR) is 140 cm³/mol. The Morgan fingerprint density at radius 2 is 1.74 bits per heavy atom. The third-order valence-corrected chi connectivity index (χ3v) is 6.80. The number of carbonyl (C=O) groups excluding carboxylic acids is 1. The second-order valence-corrected chi connectivity index (χ2v) is 9.41.